The summed E-state index contributed by atoms with van der Waals surface area (Å²) in [7, 11) is 0. The van der Waals surface area contributed by atoms with E-state index in [-0.39, 0.29) is 17.6 Å². The van der Waals surface area contributed by atoms with Crippen LogP contribution in [-0.4, -0.2) is 41.0 Å². The summed E-state index contributed by atoms with van der Waals surface area (Å²) in [6.45, 7) is 4.86. The number of carbonyl (C=O) groups is 2. The molecule has 8 nitrogen and oxygen atoms in total. The SMILES string of the molecule is CCOc1ccc(C(=O)Nc2nnc(SCC(=O)Nc3ccccc3OCC)s2)cc1. The van der Waals surface area contributed by atoms with E-state index in [4.69, 9.17) is 9.47 Å². The molecule has 0 saturated carbocycles. The van der Waals surface area contributed by atoms with Crippen LogP contribution in [0.5, 0.6) is 11.5 Å². The molecule has 162 valence electrons. The third kappa shape index (κ3) is 6.69. The lowest BCUT2D eigenvalue weighted by atomic mass is 10.2. The van der Waals surface area contributed by atoms with Crippen LogP contribution in [0.1, 0.15) is 24.2 Å². The molecule has 0 aliphatic carbocycles. The Hall–Kier alpha value is -3.11. The van der Waals surface area contributed by atoms with E-state index in [9.17, 15) is 9.59 Å². The molecule has 0 unspecified atom stereocenters. The second kappa shape index (κ2) is 11.3. The first-order valence-electron chi connectivity index (χ1n) is 9.61. The van der Waals surface area contributed by atoms with Crippen molar-refractivity contribution in [2.75, 3.05) is 29.6 Å². The number of carbonyl (C=O) groups excluding carboxylic acids is 2. The van der Waals surface area contributed by atoms with E-state index in [1.165, 1.54) is 23.1 Å². The molecule has 0 fully saturated rings. The molecule has 2 aromatic carbocycles. The van der Waals surface area contributed by atoms with Gasteiger partial charge in [0, 0.05) is 5.56 Å². The first-order chi connectivity index (χ1) is 15.1. The number of nitrogens with zero attached hydrogens (tertiary/aromatic N) is 2. The van der Waals surface area contributed by atoms with Gasteiger partial charge in [0.05, 0.1) is 24.7 Å². The quantitative estimate of drug-likeness (QED) is 0.345. The lowest BCUT2D eigenvalue weighted by molar-refractivity contribution is -0.113. The molecular weight excluding hydrogens is 436 g/mol. The zero-order chi connectivity index (χ0) is 22.1. The average molecular weight is 459 g/mol. The summed E-state index contributed by atoms with van der Waals surface area (Å²) in [5.41, 5.74) is 1.11. The maximum Gasteiger partial charge on any atom is 0.257 e. The van der Waals surface area contributed by atoms with Crippen LogP contribution in [-0.2, 0) is 4.79 Å². The van der Waals surface area contributed by atoms with Crippen molar-refractivity contribution >= 4 is 45.7 Å². The van der Waals surface area contributed by atoms with Gasteiger partial charge in [-0.3, -0.25) is 14.9 Å². The fraction of sp³-hybridized carbons (Fsp3) is 0.238. The van der Waals surface area contributed by atoms with Crippen LogP contribution in [0.25, 0.3) is 0 Å². The standard InChI is InChI=1S/C21H22N4O4S2/c1-3-28-15-11-9-14(10-12-15)19(27)23-20-24-25-21(31-20)30-13-18(26)22-16-7-5-6-8-17(16)29-4-2/h5-12H,3-4,13H2,1-2H3,(H,22,26)(H,23,24,27). The van der Waals surface area contributed by atoms with Gasteiger partial charge in [0.25, 0.3) is 5.91 Å². The number of hydrogen-bond donors (Lipinski definition) is 2. The minimum Gasteiger partial charge on any atom is -0.494 e. The molecular formula is C21H22N4O4S2. The highest BCUT2D eigenvalue weighted by Gasteiger charge is 2.13. The van der Waals surface area contributed by atoms with Crippen molar-refractivity contribution in [3.05, 3.63) is 54.1 Å². The predicted octanol–water partition coefficient (Wildman–Crippen LogP) is 4.32. The van der Waals surface area contributed by atoms with Crippen LogP contribution in [0.4, 0.5) is 10.8 Å². The molecule has 0 aliphatic rings. The maximum absolute atomic E-state index is 12.4. The van der Waals surface area contributed by atoms with Gasteiger partial charge in [0.15, 0.2) is 4.34 Å². The Bertz CT molecular complexity index is 1020. The topological polar surface area (TPSA) is 102 Å². The Kier molecular flexibility index (Phi) is 8.25. The molecule has 0 spiro atoms. The van der Waals surface area contributed by atoms with Crippen molar-refractivity contribution < 1.29 is 19.1 Å². The molecule has 3 rings (SSSR count). The van der Waals surface area contributed by atoms with E-state index in [1.54, 1.807) is 36.4 Å². The van der Waals surface area contributed by atoms with E-state index in [0.717, 1.165) is 0 Å². The number of rotatable bonds is 10. The van der Waals surface area contributed by atoms with E-state index in [1.807, 2.05) is 26.0 Å². The molecule has 0 aliphatic heterocycles. The Balaban J connectivity index is 1.50. The summed E-state index contributed by atoms with van der Waals surface area (Å²) >= 11 is 2.45. The predicted molar refractivity (Wildman–Crippen MR) is 122 cm³/mol. The summed E-state index contributed by atoms with van der Waals surface area (Å²) in [6.07, 6.45) is 0. The molecule has 31 heavy (non-hydrogen) atoms. The Morgan fingerprint density at radius 1 is 0.968 bits per heavy atom. The molecule has 1 aromatic heterocycles. The summed E-state index contributed by atoms with van der Waals surface area (Å²) in [4.78, 5) is 24.6. The first-order valence-corrected chi connectivity index (χ1v) is 11.4. The van der Waals surface area contributed by atoms with Crippen molar-refractivity contribution in [2.24, 2.45) is 0 Å². The van der Waals surface area contributed by atoms with E-state index in [2.05, 4.69) is 20.8 Å². The van der Waals surface area contributed by atoms with Crippen LogP contribution in [0, 0.1) is 0 Å². The van der Waals surface area contributed by atoms with Crippen LogP contribution in [0.2, 0.25) is 0 Å². The van der Waals surface area contributed by atoms with Gasteiger partial charge in [0.2, 0.25) is 11.0 Å². The third-order valence-electron chi connectivity index (χ3n) is 3.84. The number of anilines is 2. The van der Waals surface area contributed by atoms with Gasteiger partial charge in [-0.1, -0.05) is 35.2 Å². The van der Waals surface area contributed by atoms with Gasteiger partial charge in [-0.05, 0) is 50.2 Å². The molecule has 10 heteroatoms. The molecule has 3 aromatic rings. The monoisotopic (exact) mass is 458 g/mol. The van der Waals surface area contributed by atoms with E-state index < -0.39 is 0 Å². The van der Waals surface area contributed by atoms with Crippen molar-refractivity contribution in [3.63, 3.8) is 0 Å². The lowest BCUT2D eigenvalue weighted by Crippen LogP contribution is -2.14. The van der Waals surface area contributed by atoms with E-state index in [0.29, 0.717) is 45.4 Å². The molecule has 1 heterocycles. The number of hydrogen-bond acceptors (Lipinski definition) is 8. The van der Waals surface area contributed by atoms with Gasteiger partial charge in [-0.25, -0.2) is 0 Å². The maximum atomic E-state index is 12.4. The second-order valence-electron chi connectivity index (χ2n) is 6.05. The van der Waals surface area contributed by atoms with Crippen molar-refractivity contribution in [1.29, 1.82) is 0 Å². The fourth-order valence-corrected chi connectivity index (χ4v) is 4.07. The number of para-hydroxylation sites is 2. The molecule has 0 bridgehead atoms. The highest BCUT2D eigenvalue weighted by atomic mass is 32.2. The Labute approximate surface area is 188 Å². The molecule has 0 atom stereocenters. The molecule has 2 N–H and O–H groups in total. The van der Waals surface area contributed by atoms with Crippen LogP contribution in [0.3, 0.4) is 0 Å². The first kappa shape index (κ1) is 22.6. The van der Waals surface area contributed by atoms with Gasteiger partial charge in [-0.15, -0.1) is 10.2 Å². The van der Waals surface area contributed by atoms with Gasteiger partial charge in [0.1, 0.15) is 11.5 Å². The van der Waals surface area contributed by atoms with Crippen LogP contribution >= 0.6 is 23.1 Å². The zero-order valence-corrected chi connectivity index (χ0v) is 18.7. The average Bonchev–Trinajstić information content (AvgIpc) is 3.22. The fourth-order valence-electron chi connectivity index (χ4n) is 2.52. The minimum absolute atomic E-state index is 0.155. The smallest absolute Gasteiger partial charge is 0.257 e. The van der Waals surface area contributed by atoms with Crippen molar-refractivity contribution in [3.8, 4) is 11.5 Å². The zero-order valence-electron chi connectivity index (χ0n) is 17.1. The number of aromatic nitrogens is 2. The number of thioether (sulfide) groups is 1. The Morgan fingerprint density at radius 2 is 1.71 bits per heavy atom. The molecule has 2 amide bonds. The normalized spacial score (nSPS) is 10.4. The highest BCUT2D eigenvalue weighted by molar-refractivity contribution is 8.01. The van der Waals surface area contributed by atoms with Gasteiger partial charge >= 0.3 is 0 Å². The van der Waals surface area contributed by atoms with Crippen molar-refractivity contribution in [2.45, 2.75) is 18.2 Å². The number of amides is 2. The highest BCUT2D eigenvalue weighted by Crippen LogP contribution is 2.27. The summed E-state index contributed by atoms with van der Waals surface area (Å²) in [5, 5.41) is 13.9. The van der Waals surface area contributed by atoms with Crippen molar-refractivity contribution in [1.82, 2.24) is 10.2 Å². The molecule has 0 saturated heterocycles. The Morgan fingerprint density at radius 3 is 2.45 bits per heavy atom. The number of benzene rings is 2. The summed E-state index contributed by atoms with van der Waals surface area (Å²) in [6, 6.07) is 14.1. The van der Waals surface area contributed by atoms with Crippen LogP contribution < -0.4 is 20.1 Å². The number of ether oxygens (including phenoxy) is 2. The van der Waals surface area contributed by atoms with E-state index >= 15 is 0 Å². The lowest BCUT2D eigenvalue weighted by Gasteiger charge is -2.10. The van der Waals surface area contributed by atoms with Crippen LogP contribution in [0.15, 0.2) is 52.9 Å². The van der Waals surface area contributed by atoms with Gasteiger partial charge < -0.3 is 14.8 Å². The van der Waals surface area contributed by atoms with Gasteiger partial charge in [-0.2, -0.15) is 0 Å². The summed E-state index contributed by atoms with van der Waals surface area (Å²) < 4.78 is 11.5. The second-order valence-corrected chi connectivity index (χ2v) is 8.25. The third-order valence-corrected chi connectivity index (χ3v) is 5.81. The number of nitrogens with one attached hydrogen (secondary N) is 2. The minimum atomic E-state index is -0.291. The largest absolute Gasteiger partial charge is 0.494 e. The summed E-state index contributed by atoms with van der Waals surface area (Å²) in [5.74, 6) is 1.00. The molecule has 0 radical (unpaired) electrons.